The molecule has 2 heterocycles. The van der Waals surface area contributed by atoms with Gasteiger partial charge in [-0.25, -0.2) is 9.38 Å². The Bertz CT molecular complexity index is 1100. The van der Waals surface area contributed by atoms with Crippen LogP contribution in [-0.2, 0) is 4.74 Å². The van der Waals surface area contributed by atoms with Crippen molar-refractivity contribution in [1.82, 2.24) is 5.32 Å². The Balaban J connectivity index is 1.79. The Kier molecular flexibility index (Phi) is 5.57. The minimum Gasteiger partial charge on any atom is -0.493 e. The van der Waals surface area contributed by atoms with Crippen LogP contribution in [-0.4, -0.2) is 32.3 Å². The molecule has 2 aromatic carbocycles. The Morgan fingerprint density at radius 2 is 2.14 bits per heavy atom. The summed E-state index contributed by atoms with van der Waals surface area (Å²) in [4.78, 5) is 17.3. The summed E-state index contributed by atoms with van der Waals surface area (Å²) in [5.74, 6) is -0.234. The van der Waals surface area contributed by atoms with Crippen LogP contribution in [0.3, 0.4) is 0 Å². The molecule has 1 atom stereocenters. The minimum atomic E-state index is -0.422. The molecule has 1 N–H and O–H groups in total. The zero-order valence-electron chi connectivity index (χ0n) is 16.0. The van der Waals surface area contributed by atoms with E-state index in [-0.39, 0.29) is 23.1 Å². The number of hydrogen-bond donors (Lipinski definition) is 1. The van der Waals surface area contributed by atoms with Gasteiger partial charge in [0.2, 0.25) is 5.55 Å². The fraction of sp³-hybridized carbons (Fsp3) is 0.273. The Labute approximate surface area is 167 Å². The van der Waals surface area contributed by atoms with E-state index in [1.54, 1.807) is 24.3 Å². The van der Waals surface area contributed by atoms with Crippen molar-refractivity contribution in [2.24, 2.45) is 4.99 Å². The number of fused-ring (bicyclic) bond motifs is 1. The van der Waals surface area contributed by atoms with Crippen molar-refractivity contribution >= 4 is 22.6 Å². The molecule has 0 spiro atoms. The monoisotopic (exact) mass is 396 g/mol. The second-order valence-electron chi connectivity index (χ2n) is 6.78. The number of rotatable bonds is 5. The molecule has 0 unspecified atom stereocenters. The number of halogens is 1. The average molecular weight is 396 g/mol. The van der Waals surface area contributed by atoms with Crippen molar-refractivity contribution < 1.29 is 23.1 Å². The number of methoxy groups -OCH3 is 1. The van der Waals surface area contributed by atoms with Crippen LogP contribution < -0.4 is 15.6 Å². The lowest BCUT2D eigenvalue weighted by atomic mass is 10.1. The van der Waals surface area contributed by atoms with E-state index in [1.807, 2.05) is 12.1 Å². The Hall–Kier alpha value is -3.19. The van der Waals surface area contributed by atoms with E-state index in [4.69, 9.17) is 13.9 Å². The molecular weight excluding hydrogens is 375 g/mol. The maximum Gasteiger partial charge on any atom is 0.256 e. The molecule has 4 rings (SSSR count). The summed E-state index contributed by atoms with van der Waals surface area (Å²) < 4.78 is 30.4. The van der Waals surface area contributed by atoms with Gasteiger partial charge in [0, 0.05) is 18.5 Å². The lowest BCUT2D eigenvalue weighted by Gasteiger charge is -2.11. The van der Waals surface area contributed by atoms with Crippen molar-refractivity contribution in [3.63, 3.8) is 0 Å². The molecule has 6 nitrogen and oxygen atoms in total. The first-order valence-electron chi connectivity index (χ1n) is 9.45. The maximum absolute atomic E-state index is 13.6. The van der Waals surface area contributed by atoms with Gasteiger partial charge in [0.15, 0.2) is 11.3 Å². The first-order chi connectivity index (χ1) is 14.1. The number of nitrogens with one attached hydrogen (secondary N) is 1. The smallest absolute Gasteiger partial charge is 0.256 e. The fourth-order valence-electron chi connectivity index (χ4n) is 3.30. The van der Waals surface area contributed by atoms with Crippen LogP contribution in [0.5, 0.6) is 5.75 Å². The minimum absolute atomic E-state index is 0.0139. The molecule has 1 aliphatic rings. The molecule has 150 valence electrons. The van der Waals surface area contributed by atoms with E-state index in [2.05, 4.69) is 10.3 Å². The highest BCUT2D eigenvalue weighted by atomic mass is 19.1. The van der Waals surface area contributed by atoms with Gasteiger partial charge in [0.25, 0.3) is 5.91 Å². The summed E-state index contributed by atoms with van der Waals surface area (Å²) in [6, 6.07) is 12.9. The van der Waals surface area contributed by atoms with E-state index in [0.717, 1.165) is 12.8 Å². The van der Waals surface area contributed by atoms with Crippen LogP contribution in [0.15, 0.2) is 57.9 Å². The number of hydrogen-bond acceptors (Lipinski definition) is 5. The molecule has 0 bridgehead atoms. The standard InChI is InChI=1S/C22H21FN2O4/c1-27-19-9-2-5-14-11-18(21(26)24-13-17-8-4-10-28-17)22(29-20(14)19)25-16-7-3-6-15(23)12-16/h2-3,5-7,9,11-12,17H,4,8,10,13H2,1H3,(H,24,26)/t17-/m1/s1. The number of nitrogens with zero attached hydrogens (tertiary/aromatic N) is 1. The number of benzene rings is 2. The largest absolute Gasteiger partial charge is 0.493 e. The second kappa shape index (κ2) is 8.45. The van der Waals surface area contributed by atoms with Gasteiger partial charge in [-0.3, -0.25) is 4.79 Å². The third kappa shape index (κ3) is 4.30. The number of amides is 1. The predicted octanol–water partition coefficient (Wildman–Crippen LogP) is 3.72. The molecule has 1 aromatic heterocycles. The van der Waals surface area contributed by atoms with Crippen LogP contribution in [0, 0.1) is 5.82 Å². The third-order valence-corrected chi connectivity index (χ3v) is 4.76. The number of carbonyl (C=O) groups excluding carboxylic acids is 1. The molecule has 29 heavy (non-hydrogen) atoms. The van der Waals surface area contributed by atoms with Gasteiger partial charge in [-0.2, -0.15) is 0 Å². The average Bonchev–Trinajstić information content (AvgIpc) is 3.25. The molecule has 7 heteroatoms. The molecule has 3 aromatic rings. The van der Waals surface area contributed by atoms with Crippen molar-refractivity contribution in [3.05, 3.63) is 65.5 Å². The van der Waals surface area contributed by atoms with E-state index < -0.39 is 5.82 Å². The summed E-state index contributed by atoms with van der Waals surface area (Å²) in [7, 11) is 1.54. The van der Waals surface area contributed by atoms with Crippen LogP contribution in [0.25, 0.3) is 11.0 Å². The number of carbonyl (C=O) groups is 1. The van der Waals surface area contributed by atoms with Crippen molar-refractivity contribution in [2.75, 3.05) is 20.3 Å². The quantitative estimate of drug-likeness (QED) is 0.713. The van der Waals surface area contributed by atoms with Crippen LogP contribution in [0.4, 0.5) is 10.1 Å². The van der Waals surface area contributed by atoms with Crippen LogP contribution in [0.2, 0.25) is 0 Å². The normalized spacial score (nSPS) is 16.9. The molecule has 1 amide bonds. The maximum atomic E-state index is 13.6. The summed E-state index contributed by atoms with van der Waals surface area (Å²) in [6.45, 7) is 1.13. The summed E-state index contributed by atoms with van der Waals surface area (Å²) >= 11 is 0. The van der Waals surface area contributed by atoms with Crippen molar-refractivity contribution in [2.45, 2.75) is 18.9 Å². The fourth-order valence-corrected chi connectivity index (χ4v) is 3.30. The van der Waals surface area contributed by atoms with Crippen LogP contribution >= 0.6 is 0 Å². The number of para-hydroxylation sites is 1. The van der Waals surface area contributed by atoms with E-state index in [9.17, 15) is 9.18 Å². The summed E-state index contributed by atoms with van der Waals surface area (Å²) in [6.07, 6.45) is 1.92. The van der Waals surface area contributed by atoms with Crippen molar-refractivity contribution in [1.29, 1.82) is 0 Å². The summed E-state index contributed by atoms with van der Waals surface area (Å²) in [5, 5.41) is 3.58. The highest BCUT2D eigenvalue weighted by Crippen LogP contribution is 2.25. The molecular formula is C22H21FN2O4. The number of ether oxygens (including phenoxy) is 2. The molecule has 1 aliphatic heterocycles. The van der Waals surface area contributed by atoms with Gasteiger partial charge >= 0.3 is 0 Å². The highest BCUT2D eigenvalue weighted by molar-refractivity contribution is 5.97. The molecule has 0 saturated carbocycles. The Morgan fingerprint density at radius 1 is 1.28 bits per heavy atom. The Morgan fingerprint density at radius 3 is 2.90 bits per heavy atom. The van der Waals surface area contributed by atoms with E-state index in [1.165, 1.54) is 19.2 Å². The molecule has 1 fully saturated rings. The third-order valence-electron chi connectivity index (χ3n) is 4.76. The van der Waals surface area contributed by atoms with E-state index in [0.29, 0.717) is 35.6 Å². The van der Waals surface area contributed by atoms with Gasteiger partial charge in [0.1, 0.15) is 11.4 Å². The zero-order chi connectivity index (χ0) is 20.2. The van der Waals surface area contributed by atoms with E-state index >= 15 is 0 Å². The molecule has 0 radical (unpaired) electrons. The van der Waals surface area contributed by atoms with Gasteiger partial charge < -0.3 is 19.2 Å². The van der Waals surface area contributed by atoms with Crippen molar-refractivity contribution in [3.8, 4) is 5.75 Å². The van der Waals surface area contributed by atoms with Gasteiger partial charge in [0.05, 0.1) is 18.9 Å². The van der Waals surface area contributed by atoms with Gasteiger partial charge in [-0.15, -0.1) is 0 Å². The topological polar surface area (TPSA) is 73.1 Å². The van der Waals surface area contributed by atoms with Gasteiger partial charge in [-0.1, -0.05) is 18.2 Å². The predicted molar refractivity (Wildman–Crippen MR) is 106 cm³/mol. The lowest BCUT2D eigenvalue weighted by molar-refractivity contribution is 0.0854. The first-order valence-corrected chi connectivity index (χ1v) is 9.45. The zero-order valence-corrected chi connectivity index (χ0v) is 16.0. The molecule has 0 aliphatic carbocycles. The SMILES string of the molecule is COc1cccc2cc(C(=O)NC[C@H]3CCCO3)c(=Nc3cccc(F)c3)oc12. The lowest BCUT2D eigenvalue weighted by Crippen LogP contribution is -2.34. The first kappa shape index (κ1) is 19.1. The highest BCUT2D eigenvalue weighted by Gasteiger charge is 2.19. The van der Waals surface area contributed by atoms with Gasteiger partial charge in [-0.05, 0) is 43.2 Å². The second-order valence-corrected chi connectivity index (χ2v) is 6.78. The summed E-state index contributed by atoms with van der Waals surface area (Å²) in [5.41, 5.74) is 1.14. The van der Waals surface area contributed by atoms with Crippen LogP contribution in [0.1, 0.15) is 23.2 Å². The molecule has 1 saturated heterocycles.